The first kappa shape index (κ1) is 30.4. The van der Waals surface area contributed by atoms with Gasteiger partial charge >= 0.3 is 0 Å². The first-order valence-corrected chi connectivity index (χ1v) is 17.6. The number of aryl methyl sites for hydroxylation is 1. The normalized spacial score (nSPS) is 20.1. The number of sulfonamides is 1. The molecule has 3 fully saturated rings. The van der Waals surface area contributed by atoms with Crippen molar-refractivity contribution in [3.05, 3.63) is 22.7 Å². The van der Waals surface area contributed by atoms with E-state index in [2.05, 4.69) is 31.3 Å². The molecule has 11 nitrogen and oxygen atoms in total. The van der Waals surface area contributed by atoms with Crippen LogP contribution in [0.1, 0.15) is 36.1 Å². The molecule has 43 heavy (non-hydrogen) atoms. The van der Waals surface area contributed by atoms with Gasteiger partial charge in [0.05, 0.1) is 42.5 Å². The number of hydrogen-bond acceptors (Lipinski definition) is 11. The van der Waals surface area contributed by atoms with Gasteiger partial charge in [-0.3, -0.25) is 9.62 Å². The summed E-state index contributed by atoms with van der Waals surface area (Å²) in [5.74, 6) is 0.821. The van der Waals surface area contributed by atoms with Crippen LogP contribution in [0.4, 0.5) is 16.0 Å². The van der Waals surface area contributed by atoms with Gasteiger partial charge in [0.15, 0.2) is 0 Å². The molecule has 3 aliphatic heterocycles. The highest BCUT2D eigenvalue weighted by Crippen LogP contribution is 2.40. The zero-order chi connectivity index (χ0) is 30.1. The van der Waals surface area contributed by atoms with E-state index in [9.17, 15) is 12.8 Å². The Kier molecular flexibility index (Phi) is 9.01. The van der Waals surface area contributed by atoms with Gasteiger partial charge in [-0.05, 0) is 51.8 Å². The van der Waals surface area contributed by atoms with Gasteiger partial charge in [0.2, 0.25) is 21.9 Å². The van der Waals surface area contributed by atoms with E-state index in [4.69, 9.17) is 19.4 Å². The number of nitrogens with one attached hydrogen (secondary N) is 1. The number of alkyl halides is 1. The second-order valence-corrected chi connectivity index (χ2v) is 14.6. The number of thiophene rings is 1. The zero-order valence-electron chi connectivity index (χ0n) is 25.0. The Labute approximate surface area is 256 Å². The predicted octanol–water partition coefficient (Wildman–Crippen LogP) is 3.68. The lowest BCUT2D eigenvalue weighted by Crippen LogP contribution is -2.47. The summed E-state index contributed by atoms with van der Waals surface area (Å²) in [5, 5.41) is 0. The Balaban J connectivity index is 1.33. The van der Waals surface area contributed by atoms with Crippen LogP contribution < -0.4 is 14.4 Å². The molecule has 6 rings (SSSR count). The molecule has 234 valence electrons. The number of nitrogens with zero attached hydrogens (tertiary/aromatic N) is 6. The second-order valence-electron chi connectivity index (χ2n) is 11.7. The summed E-state index contributed by atoms with van der Waals surface area (Å²) in [4.78, 5) is 22.9. The highest BCUT2D eigenvalue weighted by Gasteiger charge is 2.29. The third-order valence-electron chi connectivity index (χ3n) is 8.64. The molecule has 3 saturated heterocycles. The quantitative estimate of drug-likeness (QED) is 0.394. The molecule has 0 bridgehead atoms. The van der Waals surface area contributed by atoms with Crippen LogP contribution in [-0.4, -0.2) is 111 Å². The van der Waals surface area contributed by atoms with E-state index < -0.39 is 16.2 Å². The van der Waals surface area contributed by atoms with Crippen molar-refractivity contribution in [2.45, 2.75) is 51.4 Å². The van der Waals surface area contributed by atoms with Crippen molar-refractivity contribution in [3.8, 4) is 17.1 Å². The molecule has 1 N–H and O–H groups in total. The van der Waals surface area contributed by atoms with Gasteiger partial charge in [-0.25, -0.2) is 27.8 Å². The lowest BCUT2D eigenvalue weighted by molar-refractivity contribution is 0.0663. The third-order valence-corrected chi connectivity index (χ3v) is 10.4. The minimum absolute atomic E-state index is 0.188. The van der Waals surface area contributed by atoms with E-state index in [1.165, 1.54) is 17.6 Å². The van der Waals surface area contributed by atoms with Crippen molar-refractivity contribution in [2.24, 2.45) is 0 Å². The molecule has 6 heterocycles. The molecule has 3 aliphatic rings. The van der Waals surface area contributed by atoms with Gasteiger partial charge in [0.25, 0.3) is 0 Å². The molecular weight excluding hydrogens is 593 g/mol. The lowest BCUT2D eigenvalue weighted by atomic mass is 9.99. The Morgan fingerprint density at radius 1 is 1.09 bits per heavy atom. The maximum atomic E-state index is 13.7. The number of methoxy groups -OCH3 is 1. The molecule has 0 unspecified atom stereocenters. The van der Waals surface area contributed by atoms with Gasteiger partial charge in [-0.15, -0.1) is 11.3 Å². The molecule has 0 spiro atoms. The van der Waals surface area contributed by atoms with E-state index in [1.807, 2.05) is 0 Å². The number of rotatable bonds is 8. The maximum absolute atomic E-state index is 13.7. The summed E-state index contributed by atoms with van der Waals surface area (Å²) in [6.07, 6.45) is 5.62. The van der Waals surface area contributed by atoms with Gasteiger partial charge in [0.1, 0.15) is 11.9 Å². The minimum Gasteiger partial charge on any atom is -0.480 e. The van der Waals surface area contributed by atoms with Crippen molar-refractivity contribution >= 4 is 43.2 Å². The summed E-state index contributed by atoms with van der Waals surface area (Å²) in [6, 6.07) is 2.26. The van der Waals surface area contributed by atoms with E-state index in [-0.39, 0.29) is 11.6 Å². The van der Waals surface area contributed by atoms with Crippen LogP contribution in [0.2, 0.25) is 0 Å². The molecule has 0 aromatic carbocycles. The molecule has 3 aromatic rings. The topological polar surface area (TPSA) is 113 Å². The van der Waals surface area contributed by atoms with Gasteiger partial charge in [-0.2, -0.15) is 0 Å². The molecule has 0 amide bonds. The van der Waals surface area contributed by atoms with Crippen molar-refractivity contribution in [1.82, 2.24) is 24.8 Å². The highest BCUT2D eigenvalue weighted by atomic mass is 32.2. The zero-order valence-corrected chi connectivity index (χ0v) is 26.6. The van der Waals surface area contributed by atoms with Crippen LogP contribution in [-0.2, 0) is 21.3 Å². The number of halogens is 1. The SMILES string of the molecule is COc1ncc(-c2nc(N3CCOCC3)nc3c(CN4CCC(N5CCC(F)CC5)CC4)c(C)sc23)cc1NS(C)(=O)=O. The number of hydrogen-bond donors (Lipinski definition) is 1. The van der Waals surface area contributed by atoms with Crippen LogP contribution in [0.25, 0.3) is 21.5 Å². The Morgan fingerprint density at radius 3 is 2.49 bits per heavy atom. The predicted molar refractivity (Wildman–Crippen MR) is 167 cm³/mol. The molecule has 0 saturated carbocycles. The van der Waals surface area contributed by atoms with E-state index in [1.54, 1.807) is 23.6 Å². The van der Waals surface area contributed by atoms with Gasteiger partial charge in [-0.1, -0.05) is 0 Å². The summed E-state index contributed by atoms with van der Waals surface area (Å²) < 4.78 is 52.3. The average Bonchev–Trinajstić information content (AvgIpc) is 3.31. The van der Waals surface area contributed by atoms with Crippen LogP contribution in [0.15, 0.2) is 12.3 Å². The molecule has 0 radical (unpaired) electrons. The average molecular weight is 634 g/mol. The fraction of sp³-hybridized carbons (Fsp3) is 0.621. The first-order valence-electron chi connectivity index (χ1n) is 14.9. The third kappa shape index (κ3) is 6.88. The number of pyridine rings is 1. The van der Waals surface area contributed by atoms with Crippen molar-refractivity contribution in [2.75, 3.05) is 75.5 Å². The summed E-state index contributed by atoms with van der Waals surface area (Å²) in [7, 11) is -2.10. The van der Waals surface area contributed by atoms with E-state index in [0.717, 1.165) is 62.0 Å². The number of aromatic nitrogens is 3. The van der Waals surface area contributed by atoms with Crippen LogP contribution >= 0.6 is 11.3 Å². The van der Waals surface area contributed by atoms with E-state index >= 15 is 0 Å². The van der Waals surface area contributed by atoms with Crippen LogP contribution in [0, 0.1) is 6.92 Å². The largest absolute Gasteiger partial charge is 0.480 e. The van der Waals surface area contributed by atoms with Gasteiger partial charge < -0.3 is 19.3 Å². The molecule has 3 aromatic heterocycles. The Hall–Kier alpha value is -2.65. The number of fused-ring (bicyclic) bond motifs is 1. The number of piperidine rings is 2. The summed E-state index contributed by atoms with van der Waals surface area (Å²) >= 11 is 1.66. The van der Waals surface area contributed by atoms with E-state index in [0.29, 0.717) is 62.4 Å². The molecule has 0 atom stereocenters. The van der Waals surface area contributed by atoms with Crippen molar-refractivity contribution in [3.63, 3.8) is 0 Å². The Morgan fingerprint density at radius 2 is 1.81 bits per heavy atom. The molecular formula is C29H40FN7O4S2. The number of ether oxygens (including phenoxy) is 2. The van der Waals surface area contributed by atoms with Crippen molar-refractivity contribution < 1.29 is 22.3 Å². The number of likely N-dealkylation sites (tertiary alicyclic amines) is 2. The lowest BCUT2D eigenvalue weighted by Gasteiger charge is -2.40. The molecule has 14 heteroatoms. The minimum atomic E-state index is -3.56. The molecule has 0 aliphatic carbocycles. The second kappa shape index (κ2) is 12.8. The smallest absolute Gasteiger partial charge is 0.238 e. The first-order chi connectivity index (χ1) is 20.7. The number of morpholine rings is 1. The Bertz CT molecular complexity index is 1550. The van der Waals surface area contributed by atoms with Crippen LogP contribution in [0.5, 0.6) is 5.88 Å². The van der Waals surface area contributed by atoms with Crippen molar-refractivity contribution in [1.29, 1.82) is 0 Å². The standard InChI is InChI=1S/C29H40FN7O4S2/c1-19-23(18-35-8-6-22(7-9-35)36-10-4-21(30)5-11-36)26-27(42-19)25(32-29(33-26)37-12-14-41-15-13-37)20-16-24(34-43(3,38)39)28(40-2)31-17-20/h16-17,21-22,34H,4-15,18H2,1-3H3. The number of anilines is 2. The summed E-state index contributed by atoms with van der Waals surface area (Å²) in [6.45, 7) is 9.26. The van der Waals surface area contributed by atoms with Gasteiger partial charge in [0, 0.05) is 61.0 Å². The summed E-state index contributed by atoms with van der Waals surface area (Å²) in [5.41, 5.74) is 3.78. The highest BCUT2D eigenvalue weighted by molar-refractivity contribution is 7.92. The maximum Gasteiger partial charge on any atom is 0.238 e. The fourth-order valence-corrected chi connectivity index (χ4v) is 7.99. The monoisotopic (exact) mass is 633 g/mol. The fourth-order valence-electron chi connectivity index (χ4n) is 6.32. The van der Waals surface area contributed by atoms with Crippen LogP contribution in [0.3, 0.4) is 0 Å².